The molecule has 0 spiro atoms. The summed E-state index contributed by atoms with van der Waals surface area (Å²) in [6.45, 7) is 6.02. The van der Waals surface area contributed by atoms with Gasteiger partial charge in [-0.15, -0.1) is 5.10 Å². The third-order valence-electron chi connectivity index (χ3n) is 6.15. The molecule has 9 heteroatoms. The topological polar surface area (TPSA) is 81.0 Å². The van der Waals surface area contributed by atoms with E-state index in [2.05, 4.69) is 37.8 Å². The number of aryl methyl sites for hydroxylation is 1. The number of ether oxygens (including phenoxy) is 1. The highest BCUT2D eigenvalue weighted by molar-refractivity contribution is 6.31. The van der Waals surface area contributed by atoms with Gasteiger partial charge in [0.05, 0.1) is 30.1 Å². The molecule has 0 aliphatic carbocycles. The van der Waals surface area contributed by atoms with Crippen molar-refractivity contribution >= 4 is 40.3 Å². The SMILES string of the molecule is Clc1ccc2nc(/C=C/c3ccncc3)cc(NCCCCn3cc(CN4CCOCC4)nn3)c2c1. The number of fused-ring (bicyclic) bond motifs is 1. The van der Waals surface area contributed by atoms with E-state index in [1.165, 1.54) is 0 Å². The second kappa shape index (κ2) is 12.1. The summed E-state index contributed by atoms with van der Waals surface area (Å²) in [4.78, 5) is 11.2. The molecule has 3 aromatic heterocycles. The molecule has 4 aromatic rings. The van der Waals surface area contributed by atoms with E-state index in [0.717, 1.165) is 92.3 Å². The van der Waals surface area contributed by atoms with Crippen LogP contribution in [0.4, 0.5) is 5.69 Å². The van der Waals surface area contributed by atoms with Gasteiger partial charge in [0.25, 0.3) is 0 Å². The first-order valence-corrected chi connectivity index (χ1v) is 12.7. The molecule has 0 amide bonds. The molecule has 1 N–H and O–H groups in total. The van der Waals surface area contributed by atoms with Crippen LogP contribution in [0.5, 0.6) is 0 Å². The summed E-state index contributed by atoms with van der Waals surface area (Å²) in [6, 6.07) is 11.8. The number of rotatable bonds is 10. The molecule has 1 fully saturated rings. The zero-order valence-electron chi connectivity index (χ0n) is 20.2. The lowest BCUT2D eigenvalue weighted by molar-refractivity contribution is 0.0336. The Bertz CT molecular complexity index is 1300. The zero-order valence-corrected chi connectivity index (χ0v) is 20.9. The van der Waals surface area contributed by atoms with Crippen molar-refractivity contribution in [3.8, 4) is 0 Å². The number of morpholine rings is 1. The average Bonchev–Trinajstić information content (AvgIpc) is 3.35. The quantitative estimate of drug-likeness (QED) is 0.312. The van der Waals surface area contributed by atoms with Crippen LogP contribution in [-0.2, 0) is 17.8 Å². The summed E-state index contributed by atoms with van der Waals surface area (Å²) in [5, 5.41) is 13.9. The van der Waals surface area contributed by atoms with E-state index in [1.54, 1.807) is 12.4 Å². The van der Waals surface area contributed by atoms with Crippen molar-refractivity contribution in [1.29, 1.82) is 0 Å². The first-order chi connectivity index (χ1) is 17.7. The van der Waals surface area contributed by atoms with E-state index in [1.807, 2.05) is 47.2 Å². The molecule has 1 saturated heterocycles. The van der Waals surface area contributed by atoms with Crippen LogP contribution in [0, 0.1) is 0 Å². The monoisotopic (exact) mass is 503 g/mol. The summed E-state index contributed by atoms with van der Waals surface area (Å²) < 4.78 is 7.36. The molecule has 0 atom stereocenters. The van der Waals surface area contributed by atoms with E-state index in [9.17, 15) is 0 Å². The van der Waals surface area contributed by atoms with Gasteiger partial charge >= 0.3 is 0 Å². The Hall–Kier alpha value is -3.33. The van der Waals surface area contributed by atoms with Crippen LogP contribution in [0.3, 0.4) is 0 Å². The van der Waals surface area contributed by atoms with Gasteiger partial charge in [-0.3, -0.25) is 14.6 Å². The van der Waals surface area contributed by atoms with Crippen LogP contribution in [0.25, 0.3) is 23.1 Å². The number of pyridine rings is 2. The lowest BCUT2D eigenvalue weighted by Gasteiger charge is -2.25. The van der Waals surface area contributed by atoms with Crippen LogP contribution in [-0.4, -0.2) is 62.7 Å². The fraction of sp³-hybridized carbons (Fsp3) is 0.333. The summed E-state index contributed by atoms with van der Waals surface area (Å²) >= 11 is 6.29. The van der Waals surface area contributed by atoms with Crippen LogP contribution < -0.4 is 5.32 Å². The van der Waals surface area contributed by atoms with Gasteiger partial charge in [-0.05, 0) is 60.9 Å². The number of nitrogens with zero attached hydrogens (tertiary/aromatic N) is 6. The number of nitrogens with one attached hydrogen (secondary N) is 1. The highest BCUT2D eigenvalue weighted by Crippen LogP contribution is 2.27. The summed E-state index contributed by atoms with van der Waals surface area (Å²) in [6.07, 6.45) is 11.7. The number of hydrogen-bond donors (Lipinski definition) is 1. The Morgan fingerprint density at radius 1 is 1.03 bits per heavy atom. The van der Waals surface area contributed by atoms with E-state index < -0.39 is 0 Å². The minimum Gasteiger partial charge on any atom is -0.384 e. The van der Waals surface area contributed by atoms with Crippen molar-refractivity contribution in [2.75, 3.05) is 38.2 Å². The molecule has 0 saturated carbocycles. The molecule has 0 unspecified atom stereocenters. The molecule has 4 heterocycles. The molecule has 1 aromatic carbocycles. The molecular weight excluding hydrogens is 474 g/mol. The first-order valence-electron chi connectivity index (χ1n) is 12.3. The lowest BCUT2D eigenvalue weighted by Crippen LogP contribution is -2.35. The molecule has 186 valence electrons. The van der Waals surface area contributed by atoms with Crippen LogP contribution >= 0.6 is 11.6 Å². The molecular formula is C27H30ClN7O. The van der Waals surface area contributed by atoms with Crippen molar-refractivity contribution in [3.05, 3.63) is 77.0 Å². The van der Waals surface area contributed by atoms with Gasteiger partial charge in [-0.1, -0.05) is 22.9 Å². The van der Waals surface area contributed by atoms with Crippen molar-refractivity contribution in [3.63, 3.8) is 0 Å². The molecule has 0 bridgehead atoms. The van der Waals surface area contributed by atoms with Crippen molar-refractivity contribution in [1.82, 2.24) is 29.9 Å². The minimum atomic E-state index is 0.700. The number of halogens is 1. The first kappa shape index (κ1) is 24.4. The van der Waals surface area contributed by atoms with Crippen molar-refractivity contribution in [2.45, 2.75) is 25.9 Å². The fourth-order valence-electron chi connectivity index (χ4n) is 4.24. The molecule has 1 aliphatic heterocycles. The average molecular weight is 504 g/mol. The predicted molar refractivity (Wildman–Crippen MR) is 144 cm³/mol. The third kappa shape index (κ3) is 6.66. The number of hydrogen-bond acceptors (Lipinski definition) is 7. The second-order valence-corrected chi connectivity index (χ2v) is 9.30. The zero-order chi connectivity index (χ0) is 24.6. The smallest absolute Gasteiger partial charge is 0.0967 e. The highest BCUT2D eigenvalue weighted by Gasteiger charge is 2.12. The molecule has 36 heavy (non-hydrogen) atoms. The van der Waals surface area contributed by atoms with Gasteiger partial charge in [-0.2, -0.15) is 0 Å². The third-order valence-corrected chi connectivity index (χ3v) is 6.38. The number of unbranched alkanes of at least 4 members (excludes halogenated alkanes) is 1. The Labute approximate surface area is 216 Å². The summed E-state index contributed by atoms with van der Waals surface area (Å²) in [5.74, 6) is 0. The standard InChI is InChI=1S/C27H30ClN7O/c28-22-4-6-26-25(17-22)27(18-23(31-26)5-3-21-7-10-29-11-8-21)30-9-1-2-12-35-20-24(32-33-35)19-34-13-15-36-16-14-34/h3-8,10-11,17-18,20H,1-2,9,12-16,19H2,(H,30,31)/b5-3+. The van der Waals surface area contributed by atoms with Gasteiger partial charge in [0, 0.05) is 67.4 Å². The lowest BCUT2D eigenvalue weighted by atomic mass is 10.1. The Morgan fingerprint density at radius 2 is 1.89 bits per heavy atom. The van der Waals surface area contributed by atoms with Crippen LogP contribution in [0.15, 0.2) is 55.0 Å². The number of benzene rings is 1. The van der Waals surface area contributed by atoms with E-state index in [4.69, 9.17) is 21.3 Å². The summed E-state index contributed by atoms with van der Waals surface area (Å²) in [7, 11) is 0. The Morgan fingerprint density at radius 3 is 2.75 bits per heavy atom. The Balaban J connectivity index is 1.17. The van der Waals surface area contributed by atoms with E-state index in [-0.39, 0.29) is 0 Å². The fourth-order valence-corrected chi connectivity index (χ4v) is 4.41. The molecule has 1 aliphatic rings. The number of anilines is 1. The summed E-state index contributed by atoms with van der Waals surface area (Å²) in [5.41, 5.74) is 4.93. The van der Waals surface area contributed by atoms with Gasteiger partial charge in [0.1, 0.15) is 0 Å². The van der Waals surface area contributed by atoms with Gasteiger partial charge in [-0.25, -0.2) is 4.98 Å². The number of aromatic nitrogens is 5. The highest BCUT2D eigenvalue weighted by atomic mass is 35.5. The van der Waals surface area contributed by atoms with Gasteiger partial charge in [0.2, 0.25) is 0 Å². The minimum absolute atomic E-state index is 0.700. The molecule has 8 nitrogen and oxygen atoms in total. The maximum atomic E-state index is 6.29. The van der Waals surface area contributed by atoms with E-state index in [0.29, 0.717) is 5.02 Å². The second-order valence-electron chi connectivity index (χ2n) is 8.87. The van der Waals surface area contributed by atoms with Crippen molar-refractivity contribution in [2.24, 2.45) is 0 Å². The van der Waals surface area contributed by atoms with Gasteiger partial charge in [0.15, 0.2) is 0 Å². The maximum absolute atomic E-state index is 6.29. The maximum Gasteiger partial charge on any atom is 0.0967 e. The van der Waals surface area contributed by atoms with E-state index >= 15 is 0 Å². The normalized spacial score (nSPS) is 14.6. The van der Waals surface area contributed by atoms with Crippen LogP contribution in [0.2, 0.25) is 5.02 Å². The van der Waals surface area contributed by atoms with Crippen molar-refractivity contribution < 1.29 is 4.74 Å². The Kier molecular flexibility index (Phi) is 8.17. The van der Waals surface area contributed by atoms with Gasteiger partial charge < -0.3 is 10.1 Å². The van der Waals surface area contributed by atoms with Crippen LogP contribution in [0.1, 0.15) is 29.8 Å². The molecule has 5 rings (SSSR count). The molecule has 0 radical (unpaired) electrons. The largest absolute Gasteiger partial charge is 0.384 e. The predicted octanol–water partition coefficient (Wildman–Crippen LogP) is 4.77.